The van der Waals surface area contributed by atoms with Crippen LogP contribution in [0.4, 0.5) is 13.6 Å². The second-order valence-corrected chi connectivity index (χ2v) is 4.51. The fraction of sp³-hybridized carbons (Fsp3) is 0.357. The Kier molecular flexibility index (Phi) is 5.10. The molecule has 1 aromatic carbocycles. The number of aromatic amines is 1. The highest BCUT2D eigenvalue weighted by molar-refractivity contribution is 5.91. The van der Waals surface area contributed by atoms with Crippen LogP contribution in [0.3, 0.4) is 0 Å². The van der Waals surface area contributed by atoms with Gasteiger partial charge in [-0.3, -0.25) is 0 Å². The van der Waals surface area contributed by atoms with Gasteiger partial charge in [-0.05, 0) is 37.7 Å². The molecule has 0 saturated heterocycles. The topological polar surface area (TPSA) is 66.1 Å². The average Bonchev–Trinajstić information content (AvgIpc) is 2.87. The number of hydrogen-bond donors (Lipinski definition) is 3. The fourth-order valence-corrected chi connectivity index (χ4v) is 2.06. The van der Waals surface area contributed by atoms with E-state index in [1.54, 1.807) is 12.1 Å². The number of aromatic nitrogens is 1. The molecule has 7 heteroatoms. The molecule has 3 N–H and O–H groups in total. The molecule has 1 heterocycles. The summed E-state index contributed by atoms with van der Waals surface area (Å²) < 4.78 is 29.3. The molecule has 1 amide bonds. The monoisotopic (exact) mass is 297 g/mol. The Morgan fingerprint density at radius 1 is 1.43 bits per heavy atom. The van der Waals surface area contributed by atoms with Crippen LogP contribution in [-0.2, 0) is 6.42 Å². The van der Waals surface area contributed by atoms with Crippen molar-refractivity contribution >= 4 is 17.0 Å². The number of alkyl halides is 2. The van der Waals surface area contributed by atoms with E-state index in [4.69, 9.17) is 4.74 Å². The maximum Gasteiger partial charge on any atom is 0.412 e. The normalized spacial score (nSPS) is 11.0. The molecule has 21 heavy (non-hydrogen) atoms. The van der Waals surface area contributed by atoms with Gasteiger partial charge >= 0.3 is 6.09 Å². The van der Waals surface area contributed by atoms with Gasteiger partial charge in [-0.15, -0.1) is 0 Å². The minimum atomic E-state index is -2.60. The largest absolute Gasteiger partial charge is 0.412 e. The van der Waals surface area contributed by atoms with Crippen LogP contribution in [0, 0.1) is 0 Å². The number of rotatable bonds is 6. The summed E-state index contributed by atoms with van der Waals surface area (Å²) in [5.74, 6) is 0.353. The van der Waals surface area contributed by atoms with Crippen LogP contribution < -0.4 is 15.4 Å². The standard InChI is InChI=1S/C14H17F2N3O2/c1-17-6-5-9-7-18-10-3-2-4-11(13(9)10)21-14(20)19-8-12(15)16/h2-4,7,12,17-18H,5-6,8H2,1H3,(H,19,20). The van der Waals surface area contributed by atoms with Gasteiger partial charge in [0, 0.05) is 17.1 Å². The highest BCUT2D eigenvalue weighted by atomic mass is 19.3. The quantitative estimate of drug-likeness (QED) is 0.766. The summed E-state index contributed by atoms with van der Waals surface area (Å²) in [6.07, 6.45) is -0.878. The molecule has 0 aliphatic heterocycles. The fourth-order valence-electron chi connectivity index (χ4n) is 2.06. The van der Waals surface area contributed by atoms with Gasteiger partial charge in [0.05, 0.1) is 6.54 Å². The predicted octanol–water partition coefficient (Wildman–Crippen LogP) is 2.28. The van der Waals surface area contributed by atoms with Crippen molar-refractivity contribution in [2.24, 2.45) is 0 Å². The maximum atomic E-state index is 12.1. The van der Waals surface area contributed by atoms with Gasteiger partial charge in [0.2, 0.25) is 0 Å². The van der Waals surface area contributed by atoms with E-state index >= 15 is 0 Å². The molecule has 0 bridgehead atoms. The SMILES string of the molecule is CNCCc1c[nH]c2cccc(OC(=O)NCC(F)F)c12. The van der Waals surface area contributed by atoms with Gasteiger partial charge in [0.15, 0.2) is 0 Å². The molecule has 0 atom stereocenters. The minimum Gasteiger partial charge on any atom is -0.410 e. The van der Waals surface area contributed by atoms with E-state index in [0.29, 0.717) is 5.75 Å². The van der Waals surface area contributed by atoms with Crippen LogP contribution in [0.5, 0.6) is 5.75 Å². The smallest absolute Gasteiger partial charge is 0.410 e. The highest BCUT2D eigenvalue weighted by Crippen LogP contribution is 2.29. The number of carbonyl (C=O) groups excluding carboxylic acids is 1. The van der Waals surface area contributed by atoms with Crippen LogP contribution >= 0.6 is 0 Å². The molecule has 114 valence electrons. The number of H-pyrrole nitrogens is 1. The third kappa shape index (κ3) is 3.91. The third-order valence-electron chi connectivity index (χ3n) is 3.00. The lowest BCUT2D eigenvalue weighted by Crippen LogP contribution is -2.31. The van der Waals surface area contributed by atoms with Gasteiger partial charge in [0.25, 0.3) is 6.43 Å². The molecule has 1 aromatic heterocycles. The zero-order chi connectivity index (χ0) is 15.2. The Morgan fingerprint density at radius 2 is 2.24 bits per heavy atom. The van der Waals surface area contributed by atoms with E-state index in [0.717, 1.165) is 29.4 Å². The van der Waals surface area contributed by atoms with Crippen LogP contribution in [0.1, 0.15) is 5.56 Å². The van der Waals surface area contributed by atoms with Gasteiger partial charge in [-0.1, -0.05) is 6.07 Å². The van der Waals surface area contributed by atoms with Crippen molar-refractivity contribution in [1.29, 1.82) is 0 Å². The number of carbonyl (C=O) groups is 1. The first-order valence-corrected chi connectivity index (χ1v) is 6.59. The number of benzene rings is 1. The molecule has 5 nitrogen and oxygen atoms in total. The zero-order valence-corrected chi connectivity index (χ0v) is 11.6. The van der Waals surface area contributed by atoms with E-state index in [9.17, 15) is 13.6 Å². The van der Waals surface area contributed by atoms with Crippen molar-refractivity contribution in [3.05, 3.63) is 30.0 Å². The average molecular weight is 297 g/mol. The van der Waals surface area contributed by atoms with Crippen LogP contribution in [0.2, 0.25) is 0 Å². The third-order valence-corrected chi connectivity index (χ3v) is 3.00. The second-order valence-electron chi connectivity index (χ2n) is 4.51. The molecule has 0 spiro atoms. The molecule has 0 aliphatic carbocycles. The molecule has 0 fully saturated rings. The maximum absolute atomic E-state index is 12.1. The summed E-state index contributed by atoms with van der Waals surface area (Å²) in [5, 5.41) is 5.85. The van der Waals surface area contributed by atoms with E-state index in [2.05, 4.69) is 10.3 Å². The van der Waals surface area contributed by atoms with Gasteiger partial charge in [-0.2, -0.15) is 0 Å². The summed E-state index contributed by atoms with van der Waals surface area (Å²) in [5.41, 5.74) is 1.83. The Bertz CT molecular complexity index is 613. The number of nitrogens with one attached hydrogen (secondary N) is 3. The lowest BCUT2D eigenvalue weighted by molar-refractivity contribution is 0.139. The summed E-state index contributed by atoms with van der Waals surface area (Å²) in [6.45, 7) is 0.0490. The Morgan fingerprint density at radius 3 is 2.95 bits per heavy atom. The van der Waals surface area contributed by atoms with Crippen molar-refractivity contribution < 1.29 is 18.3 Å². The predicted molar refractivity (Wildman–Crippen MR) is 76.0 cm³/mol. The van der Waals surface area contributed by atoms with Crippen molar-refractivity contribution in [3.8, 4) is 5.75 Å². The van der Waals surface area contributed by atoms with Crippen molar-refractivity contribution in [1.82, 2.24) is 15.6 Å². The molecule has 0 unspecified atom stereocenters. The number of ether oxygens (including phenoxy) is 1. The first-order chi connectivity index (χ1) is 10.1. The van der Waals surface area contributed by atoms with Crippen LogP contribution in [0.25, 0.3) is 10.9 Å². The van der Waals surface area contributed by atoms with Gasteiger partial charge in [0.1, 0.15) is 5.75 Å². The van der Waals surface area contributed by atoms with Crippen molar-refractivity contribution in [2.45, 2.75) is 12.8 Å². The second kappa shape index (κ2) is 7.03. The van der Waals surface area contributed by atoms with E-state index in [1.165, 1.54) is 0 Å². The zero-order valence-electron chi connectivity index (χ0n) is 11.6. The minimum absolute atomic E-state index is 0.353. The Hall–Kier alpha value is -2.15. The van der Waals surface area contributed by atoms with Crippen LogP contribution in [-0.4, -0.2) is 37.6 Å². The lowest BCUT2D eigenvalue weighted by atomic mass is 10.1. The Balaban J connectivity index is 2.18. The number of likely N-dealkylation sites (N-methyl/N-ethyl adjacent to an activating group) is 1. The summed E-state index contributed by atoms with van der Waals surface area (Å²) in [4.78, 5) is 14.6. The van der Waals surface area contributed by atoms with E-state index < -0.39 is 19.1 Å². The van der Waals surface area contributed by atoms with Gasteiger partial charge < -0.3 is 20.4 Å². The summed E-state index contributed by atoms with van der Waals surface area (Å²) in [6, 6.07) is 5.24. The van der Waals surface area contributed by atoms with Crippen LogP contribution in [0.15, 0.2) is 24.4 Å². The van der Waals surface area contributed by atoms with Gasteiger partial charge in [-0.25, -0.2) is 13.6 Å². The van der Waals surface area contributed by atoms with Crippen molar-refractivity contribution in [3.63, 3.8) is 0 Å². The number of amides is 1. The highest BCUT2D eigenvalue weighted by Gasteiger charge is 2.13. The number of halogens is 2. The molecular formula is C14H17F2N3O2. The van der Waals surface area contributed by atoms with E-state index in [1.807, 2.05) is 24.6 Å². The summed E-state index contributed by atoms with van der Waals surface area (Å²) >= 11 is 0. The molecular weight excluding hydrogens is 280 g/mol. The summed E-state index contributed by atoms with van der Waals surface area (Å²) in [7, 11) is 1.85. The number of fused-ring (bicyclic) bond motifs is 1. The molecule has 0 saturated carbocycles. The molecule has 2 rings (SSSR count). The van der Waals surface area contributed by atoms with E-state index in [-0.39, 0.29) is 0 Å². The first-order valence-electron chi connectivity index (χ1n) is 6.59. The molecule has 0 radical (unpaired) electrons. The Labute approximate surface area is 120 Å². The molecule has 2 aromatic rings. The first kappa shape index (κ1) is 15.2. The molecule has 0 aliphatic rings. The lowest BCUT2D eigenvalue weighted by Gasteiger charge is -2.08. The van der Waals surface area contributed by atoms with Crippen molar-refractivity contribution in [2.75, 3.05) is 20.1 Å². The number of hydrogen-bond acceptors (Lipinski definition) is 3.